The quantitative estimate of drug-likeness (QED) is 0.545. The monoisotopic (exact) mass is 205 g/mol. The van der Waals surface area contributed by atoms with Gasteiger partial charge in [-0.3, -0.25) is 9.59 Å². The van der Waals surface area contributed by atoms with Crippen molar-refractivity contribution in [1.29, 1.82) is 0 Å². The van der Waals surface area contributed by atoms with E-state index in [1.165, 1.54) is 0 Å². The first-order chi connectivity index (χ1) is 6.20. The van der Waals surface area contributed by atoms with Crippen LogP contribution in [-0.2, 0) is 14.4 Å². The number of nitrogens with two attached hydrogens (primary N) is 1. The van der Waals surface area contributed by atoms with Crippen molar-refractivity contribution < 1.29 is 24.6 Å². The molecule has 6 nitrogen and oxygen atoms in total. The number of carbonyl (C=O) groups is 3. The predicted octanol–water partition coefficient (Wildman–Crippen LogP) is -0.286. The maximum absolute atomic E-state index is 10.0. The Kier molecular flexibility index (Phi) is 7.55. The zero-order valence-corrected chi connectivity index (χ0v) is 8.35. The molecule has 0 aromatic carbocycles. The first kappa shape index (κ1) is 15.1. The normalized spacial score (nSPS) is 11.2. The molecule has 0 bridgehead atoms. The fourth-order valence-electron chi connectivity index (χ4n) is 0.285. The van der Waals surface area contributed by atoms with Gasteiger partial charge in [0.15, 0.2) is 0 Å². The maximum atomic E-state index is 10.0. The second kappa shape index (κ2) is 7.02. The van der Waals surface area contributed by atoms with Crippen LogP contribution in [0.25, 0.3) is 0 Å². The Bertz CT molecular complexity index is 212. The van der Waals surface area contributed by atoms with Gasteiger partial charge in [-0.2, -0.15) is 0 Å². The molecule has 0 saturated carbocycles. The van der Waals surface area contributed by atoms with E-state index in [0.29, 0.717) is 0 Å². The summed E-state index contributed by atoms with van der Waals surface area (Å²) in [6.45, 7) is 4.56. The van der Waals surface area contributed by atoms with Crippen molar-refractivity contribution in [3.05, 3.63) is 0 Å². The highest BCUT2D eigenvalue weighted by Crippen LogP contribution is 1.96. The van der Waals surface area contributed by atoms with E-state index in [2.05, 4.69) is 0 Å². The van der Waals surface area contributed by atoms with Crippen LogP contribution in [0, 0.1) is 5.92 Å². The Morgan fingerprint density at radius 3 is 1.43 bits per heavy atom. The summed E-state index contributed by atoms with van der Waals surface area (Å²) in [4.78, 5) is 28.9. The number of hydrogen-bond acceptors (Lipinski definition) is 4. The molecule has 0 radical (unpaired) electrons. The van der Waals surface area contributed by atoms with E-state index < -0.39 is 23.8 Å². The Labute approximate surface area is 81.7 Å². The number of aliphatic carboxylic acids is 2. The van der Waals surface area contributed by atoms with Gasteiger partial charge in [0.25, 0.3) is 0 Å². The first-order valence-corrected chi connectivity index (χ1v) is 3.92. The second-order valence-electron chi connectivity index (χ2n) is 2.97. The van der Waals surface area contributed by atoms with Gasteiger partial charge in [0.05, 0.1) is 0 Å². The van der Waals surface area contributed by atoms with Crippen LogP contribution in [0.1, 0.15) is 20.8 Å². The zero-order valence-electron chi connectivity index (χ0n) is 8.35. The third-order valence-corrected chi connectivity index (χ3v) is 1.30. The van der Waals surface area contributed by atoms with Crippen molar-refractivity contribution in [2.45, 2.75) is 26.8 Å². The molecule has 0 aliphatic rings. The molecule has 0 aromatic heterocycles. The summed E-state index contributed by atoms with van der Waals surface area (Å²) in [6.07, 6.45) is 0. The van der Waals surface area contributed by atoms with E-state index in [0.717, 1.165) is 6.92 Å². The highest BCUT2D eigenvalue weighted by molar-refractivity contribution is 6.31. The number of carbonyl (C=O) groups excluding carboxylic acids is 1. The van der Waals surface area contributed by atoms with Gasteiger partial charge >= 0.3 is 11.9 Å². The predicted molar refractivity (Wildman–Crippen MR) is 48.8 cm³/mol. The van der Waals surface area contributed by atoms with Crippen molar-refractivity contribution in [2.75, 3.05) is 0 Å². The fourth-order valence-corrected chi connectivity index (χ4v) is 0.285. The standard InChI is InChI=1S/C5H11NO2.C3H4O3/c1-3(2)4(6)5(7)8;1-2(4)3(5)6/h3-4H,6H2,1-2H3,(H,7,8);1H3,(H,5,6)/t4-;/m0./s1. The summed E-state index contributed by atoms with van der Waals surface area (Å²) < 4.78 is 0. The summed E-state index contributed by atoms with van der Waals surface area (Å²) in [5, 5.41) is 15.9. The van der Waals surface area contributed by atoms with Crippen molar-refractivity contribution >= 4 is 17.7 Å². The van der Waals surface area contributed by atoms with Gasteiger partial charge in [0.1, 0.15) is 6.04 Å². The van der Waals surface area contributed by atoms with Crippen LogP contribution in [0.3, 0.4) is 0 Å². The van der Waals surface area contributed by atoms with Crippen molar-refractivity contribution in [3.8, 4) is 0 Å². The van der Waals surface area contributed by atoms with Crippen LogP contribution >= 0.6 is 0 Å². The number of rotatable bonds is 3. The first-order valence-electron chi connectivity index (χ1n) is 3.92. The minimum absolute atomic E-state index is 0.0208. The molecule has 0 heterocycles. The van der Waals surface area contributed by atoms with Crippen molar-refractivity contribution in [3.63, 3.8) is 0 Å². The lowest BCUT2D eigenvalue weighted by Crippen LogP contribution is -2.34. The lowest BCUT2D eigenvalue weighted by atomic mass is 10.1. The molecule has 0 saturated heterocycles. The highest BCUT2D eigenvalue weighted by atomic mass is 16.4. The van der Waals surface area contributed by atoms with E-state index in [9.17, 15) is 14.4 Å². The minimum atomic E-state index is -1.38. The van der Waals surface area contributed by atoms with Gasteiger partial charge in [-0.05, 0) is 5.92 Å². The average molecular weight is 205 g/mol. The van der Waals surface area contributed by atoms with Crippen LogP contribution in [-0.4, -0.2) is 34.0 Å². The molecule has 0 spiro atoms. The molecule has 0 fully saturated rings. The number of Topliss-reactive ketones (excluding diaryl/α,β-unsaturated/α-hetero) is 1. The van der Waals surface area contributed by atoms with Crippen LogP contribution in [0.15, 0.2) is 0 Å². The number of carboxylic acids is 2. The van der Waals surface area contributed by atoms with Crippen LogP contribution in [0.2, 0.25) is 0 Å². The fraction of sp³-hybridized carbons (Fsp3) is 0.625. The largest absolute Gasteiger partial charge is 0.480 e. The molecule has 0 amide bonds. The summed E-state index contributed by atoms with van der Waals surface area (Å²) in [5.74, 6) is -3.11. The summed E-state index contributed by atoms with van der Waals surface area (Å²) in [7, 11) is 0. The topological polar surface area (TPSA) is 118 Å². The van der Waals surface area contributed by atoms with Gasteiger partial charge in [0, 0.05) is 6.92 Å². The summed E-state index contributed by atoms with van der Waals surface area (Å²) >= 11 is 0. The summed E-state index contributed by atoms with van der Waals surface area (Å²) in [5.41, 5.74) is 5.16. The van der Waals surface area contributed by atoms with Gasteiger partial charge in [0.2, 0.25) is 5.78 Å². The SMILES string of the molecule is CC(=O)C(=O)O.CC(C)[C@H](N)C(=O)O. The molecule has 0 aliphatic carbocycles. The van der Waals surface area contributed by atoms with Crippen molar-refractivity contribution in [1.82, 2.24) is 0 Å². The van der Waals surface area contributed by atoms with E-state index in [4.69, 9.17) is 15.9 Å². The van der Waals surface area contributed by atoms with E-state index in [1.807, 2.05) is 0 Å². The average Bonchev–Trinajstić information content (AvgIpc) is 2.03. The van der Waals surface area contributed by atoms with Crippen LogP contribution in [0.4, 0.5) is 0 Å². The Morgan fingerprint density at radius 2 is 1.43 bits per heavy atom. The molecule has 0 rings (SSSR count). The van der Waals surface area contributed by atoms with Gasteiger partial charge in [-0.1, -0.05) is 13.8 Å². The minimum Gasteiger partial charge on any atom is -0.480 e. The van der Waals surface area contributed by atoms with Gasteiger partial charge < -0.3 is 15.9 Å². The number of carboxylic acid groups (broad SMARTS) is 2. The lowest BCUT2D eigenvalue weighted by Gasteiger charge is -2.07. The van der Waals surface area contributed by atoms with Crippen LogP contribution in [0.5, 0.6) is 0 Å². The van der Waals surface area contributed by atoms with Crippen molar-refractivity contribution in [2.24, 2.45) is 11.7 Å². The molecule has 4 N–H and O–H groups in total. The Morgan fingerprint density at radius 1 is 1.14 bits per heavy atom. The van der Waals surface area contributed by atoms with Gasteiger partial charge in [-0.15, -0.1) is 0 Å². The molecule has 0 aromatic rings. The van der Waals surface area contributed by atoms with Crippen LogP contribution < -0.4 is 5.73 Å². The number of hydrogen-bond donors (Lipinski definition) is 3. The zero-order chi connectivity index (χ0) is 11.9. The van der Waals surface area contributed by atoms with Gasteiger partial charge in [-0.25, -0.2) is 4.79 Å². The van der Waals surface area contributed by atoms with E-state index in [1.54, 1.807) is 13.8 Å². The Hall–Kier alpha value is -1.43. The molecule has 1 atom stereocenters. The molecular formula is C8H15NO5. The molecule has 0 aliphatic heterocycles. The molecule has 14 heavy (non-hydrogen) atoms. The Balaban J connectivity index is 0. The lowest BCUT2D eigenvalue weighted by molar-refractivity contribution is -0.148. The summed E-state index contributed by atoms with van der Waals surface area (Å²) in [6, 6.07) is -0.713. The molecule has 0 unspecified atom stereocenters. The molecule has 6 heteroatoms. The van der Waals surface area contributed by atoms with E-state index >= 15 is 0 Å². The van der Waals surface area contributed by atoms with E-state index in [-0.39, 0.29) is 5.92 Å². The third-order valence-electron chi connectivity index (χ3n) is 1.30. The smallest absolute Gasteiger partial charge is 0.371 e. The maximum Gasteiger partial charge on any atom is 0.371 e. The highest BCUT2D eigenvalue weighted by Gasteiger charge is 2.14. The third kappa shape index (κ3) is 8.66. The number of ketones is 1. The second-order valence-corrected chi connectivity index (χ2v) is 2.97. The molecular weight excluding hydrogens is 190 g/mol. The molecule has 82 valence electrons.